The molecule has 1 fully saturated rings. The predicted molar refractivity (Wildman–Crippen MR) is 60.0 cm³/mol. The van der Waals surface area contributed by atoms with Crippen molar-refractivity contribution in [3.63, 3.8) is 0 Å². The standard InChI is InChI=1S/C13H14O4/c14-13(9-5-6-9)16-8-10-7-15-11-3-1-2-4-12(11)17-10/h1-4,9-10H,5-8H2/t10-/m1/s1. The van der Waals surface area contributed by atoms with E-state index in [1.165, 1.54) is 0 Å². The van der Waals surface area contributed by atoms with E-state index in [9.17, 15) is 4.79 Å². The van der Waals surface area contributed by atoms with Crippen LogP contribution in [0.5, 0.6) is 11.5 Å². The fourth-order valence-corrected chi connectivity index (χ4v) is 1.76. The van der Waals surface area contributed by atoms with Crippen LogP contribution in [0.2, 0.25) is 0 Å². The largest absolute Gasteiger partial charge is 0.486 e. The average Bonchev–Trinajstić information content (AvgIpc) is 3.20. The van der Waals surface area contributed by atoms with Gasteiger partial charge in [0.2, 0.25) is 0 Å². The van der Waals surface area contributed by atoms with Crippen LogP contribution in [-0.4, -0.2) is 25.3 Å². The molecule has 2 aliphatic rings. The fourth-order valence-electron chi connectivity index (χ4n) is 1.76. The van der Waals surface area contributed by atoms with Crippen LogP contribution in [0.25, 0.3) is 0 Å². The highest BCUT2D eigenvalue weighted by atomic mass is 16.6. The van der Waals surface area contributed by atoms with Crippen LogP contribution in [0, 0.1) is 5.92 Å². The molecule has 4 heteroatoms. The zero-order chi connectivity index (χ0) is 11.7. The van der Waals surface area contributed by atoms with Crippen molar-refractivity contribution in [2.24, 2.45) is 5.92 Å². The Morgan fingerprint density at radius 1 is 1.29 bits per heavy atom. The Hall–Kier alpha value is -1.71. The zero-order valence-electron chi connectivity index (χ0n) is 9.43. The summed E-state index contributed by atoms with van der Waals surface area (Å²) in [4.78, 5) is 11.4. The normalized spacial score (nSPS) is 22.0. The number of para-hydroxylation sites is 2. The highest BCUT2D eigenvalue weighted by Gasteiger charge is 2.32. The van der Waals surface area contributed by atoms with E-state index in [4.69, 9.17) is 14.2 Å². The van der Waals surface area contributed by atoms with Crippen LogP contribution in [0.15, 0.2) is 24.3 Å². The van der Waals surface area contributed by atoms with Gasteiger partial charge in [0.05, 0.1) is 5.92 Å². The van der Waals surface area contributed by atoms with Gasteiger partial charge in [-0.05, 0) is 25.0 Å². The zero-order valence-corrected chi connectivity index (χ0v) is 9.43. The Kier molecular flexibility index (Phi) is 2.63. The Balaban J connectivity index is 1.55. The molecule has 17 heavy (non-hydrogen) atoms. The van der Waals surface area contributed by atoms with Gasteiger partial charge in [-0.2, -0.15) is 0 Å². The van der Waals surface area contributed by atoms with Crippen molar-refractivity contribution in [1.82, 2.24) is 0 Å². The average molecular weight is 234 g/mol. The molecule has 4 nitrogen and oxygen atoms in total. The third kappa shape index (κ3) is 2.35. The van der Waals surface area contributed by atoms with E-state index in [-0.39, 0.29) is 24.6 Å². The Labute approximate surface area is 99.5 Å². The summed E-state index contributed by atoms with van der Waals surface area (Å²) < 4.78 is 16.4. The molecule has 0 amide bonds. The van der Waals surface area contributed by atoms with Crippen molar-refractivity contribution < 1.29 is 19.0 Å². The molecule has 0 unspecified atom stereocenters. The molecule has 1 aromatic carbocycles. The highest BCUT2D eigenvalue weighted by molar-refractivity contribution is 5.74. The summed E-state index contributed by atoms with van der Waals surface area (Å²) in [5.41, 5.74) is 0. The first-order chi connectivity index (χ1) is 8.33. The molecule has 0 saturated heterocycles. The molecular formula is C13H14O4. The molecule has 0 bridgehead atoms. The maximum Gasteiger partial charge on any atom is 0.309 e. The van der Waals surface area contributed by atoms with Crippen LogP contribution >= 0.6 is 0 Å². The lowest BCUT2D eigenvalue weighted by Gasteiger charge is -2.25. The minimum atomic E-state index is -0.201. The summed E-state index contributed by atoms with van der Waals surface area (Å²) in [7, 11) is 0. The second-order valence-electron chi connectivity index (χ2n) is 4.40. The van der Waals surface area contributed by atoms with Gasteiger partial charge in [0.15, 0.2) is 17.6 Å². The van der Waals surface area contributed by atoms with Gasteiger partial charge in [-0.3, -0.25) is 4.79 Å². The van der Waals surface area contributed by atoms with Gasteiger partial charge in [0.25, 0.3) is 0 Å². The lowest BCUT2D eigenvalue weighted by atomic mass is 10.3. The van der Waals surface area contributed by atoms with E-state index in [2.05, 4.69) is 0 Å². The number of esters is 1. The number of hydrogen-bond acceptors (Lipinski definition) is 4. The molecule has 0 N–H and O–H groups in total. The van der Waals surface area contributed by atoms with E-state index in [0.29, 0.717) is 12.4 Å². The van der Waals surface area contributed by atoms with Gasteiger partial charge in [-0.1, -0.05) is 12.1 Å². The van der Waals surface area contributed by atoms with Gasteiger partial charge < -0.3 is 14.2 Å². The first-order valence-electron chi connectivity index (χ1n) is 5.88. The summed E-state index contributed by atoms with van der Waals surface area (Å²) in [6, 6.07) is 7.50. The lowest BCUT2D eigenvalue weighted by Crippen LogP contribution is -2.34. The second-order valence-corrected chi connectivity index (χ2v) is 4.40. The first-order valence-corrected chi connectivity index (χ1v) is 5.88. The predicted octanol–water partition coefficient (Wildman–Crippen LogP) is 1.78. The molecule has 0 aromatic heterocycles. The molecular weight excluding hydrogens is 220 g/mol. The molecule has 1 aliphatic carbocycles. The Morgan fingerprint density at radius 3 is 2.82 bits per heavy atom. The number of hydrogen-bond donors (Lipinski definition) is 0. The number of carbonyl (C=O) groups excluding carboxylic acids is 1. The van der Waals surface area contributed by atoms with Crippen LogP contribution in [0.1, 0.15) is 12.8 Å². The smallest absolute Gasteiger partial charge is 0.309 e. The molecule has 1 saturated carbocycles. The molecule has 1 aromatic rings. The first kappa shape index (κ1) is 10.4. The Morgan fingerprint density at radius 2 is 2.06 bits per heavy atom. The van der Waals surface area contributed by atoms with Crippen molar-refractivity contribution in [3.05, 3.63) is 24.3 Å². The van der Waals surface area contributed by atoms with E-state index < -0.39 is 0 Å². The second kappa shape index (κ2) is 4.28. The summed E-state index contributed by atoms with van der Waals surface area (Å²) in [5.74, 6) is 1.49. The highest BCUT2D eigenvalue weighted by Crippen LogP contribution is 2.32. The molecule has 3 rings (SSSR count). The number of ether oxygens (including phenoxy) is 3. The minimum Gasteiger partial charge on any atom is -0.486 e. The van der Waals surface area contributed by atoms with Crippen LogP contribution < -0.4 is 9.47 Å². The number of benzene rings is 1. The maximum absolute atomic E-state index is 11.4. The number of fused-ring (bicyclic) bond motifs is 1. The minimum absolute atomic E-state index is 0.104. The van der Waals surface area contributed by atoms with Crippen molar-refractivity contribution in [2.45, 2.75) is 18.9 Å². The van der Waals surface area contributed by atoms with Gasteiger partial charge >= 0.3 is 5.97 Å². The van der Waals surface area contributed by atoms with Crippen LogP contribution in [-0.2, 0) is 9.53 Å². The van der Waals surface area contributed by atoms with Crippen LogP contribution in [0.4, 0.5) is 0 Å². The molecule has 1 atom stereocenters. The van der Waals surface area contributed by atoms with E-state index in [1.807, 2.05) is 24.3 Å². The number of rotatable bonds is 3. The maximum atomic E-state index is 11.4. The van der Waals surface area contributed by atoms with Gasteiger partial charge in [0, 0.05) is 0 Å². The lowest BCUT2D eigenvalue weighted by molar-refractivity contribution is -0.148. The quantitative estimate of drug-likeness (QED) is 0.748. The van der Waals surface area contributed by atoms with Crippen molar-refractivity contribution in [2.75, 3.05) is 13.2 Å². The third-order valence-electron chi connectivity index (χ3n) is 2.89. The summed E-state index contributed by atoms with van der Waals surface area (Å²) in [5, 5.41) is 0. The molecule has 1 aliphatic heterocycles. The Bertz CT molecular complexity index is 425. The topological polar surface area (TPSA) is 44.8 Å². The molecule has 0 spiro atoms. The molecule has 90 valence electrons. The molecule has 0 radical (unpaired) electrons. The van der Waals surface area contributed by atoms with Crippen molar-refractivity contribution >= 4 is 5.97 Å². The molecule has 1 heterocycles. The van der Waals surface area contributed by atoms with Gasteiger partial charge in [-0.15, -0.1) is 0 Å². The van der Waals surface area contributed by atoms with Gasteiger partial charge in [-0.25, -0.2) is 0 Å². The summed E-state index contributed by atoms with van der Waals surface area (Å²) in [6.45, 7) is 0.693. The van der Waals surface area contributed by atoms with E-state index in [1.54, 1.807) is 0 Å². The van der Waals surface area contributed by atoms with Crippen molar-refractivity contribution in [3.8, 4) is 11.5 Å². The van der Waals surface area contributed by atoms with Gasteiger partial charge in [0.1, 0.15) is 13.2 Å². The van der Waals surface area contributed by atoms with E-state index >= 15 is 0 Å². The SMILES string of the molecule is O=C(OC[C@H]1COc2ccccc2O1)C1CC1. The summed E-state index contributed by atoms with van der Waals surface area (Å²) >= 11 is 0. The third-order valence-corrected chi connectivity index (χ3v) is 2.89. The monoisotopic (exact) mass is 234 g/mol. The summed E-state index contributed by atoms with van der Waals surface area (Å²) in [6.07, 6.45) is 1.72. The number of carbonyl (C=O) groups is 1. The fraction of sp³-hybridized carbons (Fsp3) is 0.462. The van der Waals surface area contributed by atoms with E-state index in [0.717, 1.165) is 18.6 Å². The van der Waals surface area contributed by atoms with Crippen LogP contribution in [0.3, 0.4) is 0 Å². The van der Waals surface area contributed by atoms with Crippen molar-refractivity contribution in [1.29, 1.82) is 0 Å².